The van der Waals surface area contributed by atoms with E-state index in [-0.39, 0.29) is 4.88 Å². The summed E-state index contributed by atoms with van der Waals surface area (Å²) in [7, 11) is 1.66. The number of aromatic carboxylic acids is 1. The third-order valence-corrected chi connectivity index (χ3v) is 2.71. The maximum Gasteiger partial charge on any atom is 0.349 e. The largest absolute Gasteiger partial charge is 0.492 e. The van der Waals surface area contributed by atoms with E-state index >= 15 is 0 Å². The van der Waals surface area contributed by atoms with Crippen LogP contribution in [0.3, 0.4) is 0 Å². The Kier molecular flexibility index (Phi) is 5.14. The topological polar surface area (TPSA) is 55.8 Å². The molecule has 5 heteroatoms. The summed E-state index contributed by atoms with van der Waals surface area (Å²) in [6, 6.07) is 1.68. The maximum atomic E-state index is 10.7. The molecule has 0 aliphatic heterocycles. The Morgan fingerprint density at radius 1 is 1.47 bits per heavy atom. The van der Waals surface area contributed by atoms with Crippen LogP contribution < -0.4 is 4.74 Å². The summed E-state index contributed by atoms with van der Waals surface area (Å²) >= 11 is 1.18. The van der Waals surface area contributed by atoms with Gasteiger partial charge in [-0.2, -0.15) is 0 Å². The third kappa shape index (κ3) is 3.89. The highest BCUT2D eigenvalue weighted by Crippen LogP contribution is 2.24. The van der Waals surface area contributed by atoms with Crippen LogP contribution in [0.15, 0.2) is 11.4 Å². The van der Waals surface area contributed by atoms with E-state index in [4.69, 9.17) is 14.6 Å². The van der Waals surface area contributed by atoms with Gasteiger partial charge in [-0.25, -0.2) is 4.79 Å². The highest BCUT2D eigenvalue weighted by molar-refractivity contribution is 7.12. The average Bonchev–Trinajstić information content (AvgIpc) is 2.66. The highest BCUT2D eigenvalue weighted by Gasteiger charge is 2.12. The summed E-state index contributed by atoms with van der Waals surface area (Å²) in [4.78, 5) is 11.0. The molecule has 0 amide bonds. The SMILES string of the molecule is COCCCCOc1ccsc1C(=O)O. The number of rotatable bonds is 7. The second-order valence-corrected chi connectivity index (χ2v) is 3.88. The van der Waals surface area contributed by atoms with Crippen LogP contribution in [0.1, 0.15) is 22.5 Å². The van der Waals surface area contributed by atoms with Crippen LogP contribution in [0.5, 0.6) is 5.75 Å². The van der Waals surface area contributed by atoms with Crippen molar-refractivity contribution in [2.24, 2.45) is 0 Å². The van der Waals surface area contributed by atoms with Crippen LogP contribution in [0.4, 0.5) is 0 Å². The molecule has 15 heavy (non-hydrogen) atoms. The van der Waals surface area contributed by atoms with E-state index in [9.17, 15) is 4.79 Å². The number of hydrogen-bond donors (Lipinski definition) is 1. The first-order chi connectivity index (χ1) is 7.25. The molecule has 1 rings (SSSR count). The van der Waals surface area contributed by atoms with Gasteiger partial charge in [-0.1, -0.05) is 0 Å². The summed E-state index contributed by atoms with van der Waals surface area (Å²) in [5, 5.41) is 10.5. The lowest BCUT2D eigenvalue weighted by Gasteiger charge is -2.04. The molecule has 0 atom stereocenters. The fraction of sp³-hybridized carbons (Fsp3) is 0.500. The monoisotopic (exact) mass is 230 g/mol. The Labute approximate surface area is 92.4 Å². The number of carbonyl (C=O) groups is 1. The van der Waals surface area contributed by atoms with Crippen LogP contribution in [-0.4, -0.2) is 31.4 Å². The molecular formula is C10H14O4S. The zero-order valence-corrected chi connectivity index (χ0v) is 9.38. The van der Waals surface area contributed by atoms with E-state index in [0.29, 0.717) is 19.0 Å². The molecule has 4 nitrogen and oxygen atoms in total. The normalized spacial score (nSPS) is 10.2. The average molecular weight is 230 g/mol. The lowest BCUT2D eigenvalue weighted by molar-refractivity contribution is 0.0698. The molecule has 84 valence electrons. The minimum Gasteiger partial charge on any atom is -0.492 e. The molecule has 0 aliphatic rings. The summed E-state index contributed by atoms with van der Waals surface area (Å²) < 4.78 is 10.3. The molecule has 0 bridgehead atoms. The van der Waals surface area contributed by atoms with Crippen LogP contribution in [0.2, 0.25) is 0 Å². The zero-order chi connectivity index (χ0) is 11.1. The van der Waals surface area contributed by atoms with E-state index in [1.807, 2.05) is 0 Å². The molecule has 0 saturated carbocycles. The Morgan fingerprint density at radius 2 is 2.20 bits per heavy atom. The first kappa shape index (κ1) is 12.0. The van der Waals surface area contributed by atoms with Gasteiger partial charge in [0.1, 0.15) is 5.75 Å². The van der Waals surface area contributed by atoms with Gasteiger partial charge in [0.25, 0.3) is 0 Å². The van der Waals surface area contributed by atoms with Crippen LogP contribution >= 0.6 is 11.3 Å². The van der Waals surface area contributed by atoms with Gasteiger partial charge < -0.3 is 14.6 Å². The molecule has 1 aromatic heterocycles. The highest BCUT2D eigenvalue weighted by atomic mass is 32.1. The molecule has 0 radical (unpaired) electrons. The van der Waals surface area contributed by atoms with Gasteiger partial charge in [0.15, 0.2) is 4.88 Å². The van der Waals surface area contributed by atoms with E-state index in [0.717, 1.165) is 12.8 Å². The van der Waals surface area contributed by atoms with Gasteiger partial charge >= 0.3 is 5.97 Å². The molecule has 0 spiro atoms. The molecule has 1 heterocycles. The lowest BCUT2D eigenvalue weighted by atomic mass is 10.3. The van der Waals surface area contributed by atoms with Crippen LogP contribution in [-0.2, 0) is 4.74 Å². The van der Waals surface area contributed by atoms with Crippen molar-refractivity contribution in [1.82, 2.24) is 0 Å². The van der Waals surface area contributed by atoms with Gasteiger partial charge in [0, 0.05) is 13.7 Å². The second-order valence-electron chi connectivity index (χ2n) is 2.97. The lowest BCUT2D eigenvalue weighted by Crippen LogP contribution is -2.02. The fourth-order valence-electron chi connectivity index (χ4n) is 1.10. The van der Waals surface area contributed by atoms with Gasteiger partial charge in [-0.15, -0.1) is 11.3 Å². The zero-order valence-electron chi connectivity index (χ0n) is 8.56. The standard InChI is InChI=1S/C10H14O4S/c1-13-5-2-3-6-14-8-4-7-15-9(8)10(11)12/h4,7H,2-3,5-6H2,1H3,(H,11,12). The van der Waals surface area contributed by atoms with Crippen molar-refractivity contribution in [3.8, 4) is 5.75 Å². The van der Waals surface area contributed by atoms with Crippen molar-refractivity contribution in [2.45, 2.75) is 12.8 Å². The molecule has 1 aromatic rings. The van der Waals surface area contributed by atoms with Crippen LogP contribution in [0.25, 0.3) is 0 Å². The van der Waals surface area contributed by atoms with Crippen molar-refractivity contribution >= 4 is 17.3 Å². The van der Waals surface area contributed by atoms with E-state index in [1.165, 1.54) is 11.3 Å². The number of ether oxygens (including phenoxy) is 2. The second kappa shape index (κ2) is 6.42. The van der Waals surface area contributed by atoms with Crippen molar-refractivity contribution in [3.63, 3.8) is 0 Å². The Bertz CT molecular complexity index is 308. The van der Waals surface area contributed by atoms with Gasteiger partial charge in [0.05, 0.1) is 6.61 Å². The van der Waals surface area contributed by atoms with Crippen molar-refractivity contribution in [2.75, 3.05) is 20.3 Å². The number of carboxylic acids is 1. The number of thiophene rings is 1. The van der Waals surface area contributed by atoms with Crippen molar-refractivity contribution in [1.29, 1.82) is 0 Å². The van der Waals surface area contributed by atoms with Crippen molar-refractivity contribution in [3.05, 3.63) is 16.3 Å². The van der Waals surface area contributed by atoms with E-state index in [2.05, 4.69) is 0 Å². The number of carboxylic acid groups (broad SMARTS) is 1. The molecule has 0 saturated heterocycles. The summed E-state index contributed by atoms with van der Waals surface area (Å²) in [5.41, 5.74) is 0. The molecule has 0 unspecified atom stereocenters. The molecule has 0 aromatic carbocycles. The summed E-state index contributed by atoms with van der Waals surface area (Å²) in [6.07, 6.45) is 1.78. The number of hydrogen-bond acceptors (Lipinski definition) is 4. The number of methoxy groups -OCH3 is 1. The molecule has 1 N–H and O–H groups in total. The minimum absolute atomic E-state index is 0.266. The first-order valence-electron chi connectivity index (χ1n) is 4.68. The smallest absolute Gasteiger partial charge is 0.349 e. The molecule has 0 fully saturated rings. The predicted molar refractivity (Wildman–Crippen MR) is 57.9 cm³/mol. The van der Waals surface area contributed by atoms with E-state index in [1.54, 1.807) is 18.6 Å². The third-order valence-electron chi connectivity index (χ3n) is 1.82. The Hall–Kier alpha value is -1.07. The minimum atomic E-state index is -0.933. The maximum absolute atomic E-state index is 10.7. The van der Waals surface area contributed by atoms with Gasteiger partial charge in [-0.3, -0.25) is 0 Å². The van der Waals surface area contributed by atoms with Gasteiger partial charge in [-0.05, 0) is 24.3 Å². The van der Waals surface area contributed by atoms with Gasteiger partial charge in [0.2, 0.25) is 0 Å². The fourth-order valence-corrected chi connectivity index (χ4v) is 1.77. The van der Waals surface area contributed by atoms with Crippen molar-refractivity contribution < 1.29 is 19.4 Å². The first-order valence-corrected chi connectivity index (χ1v) is 5.56. The summed E-state index contributed by atoms with van der Waals surface area (Å²) in [6.45, 7) is 1.24. The number of unbranched alkanes of at least 4 members (excludes halogenated alkanes) is 1. The quantitative estimate of drug-likeness (QED) is 0.730. The Balaban J connectivity index is 2.31. The van der Waals surface area contributed by atoms with E-state index < -0.39 is 5.97 Å². The molecular weight excluding hydrogens is 216 g/mol. The predicted octanol–water partition coefficient (Wildman–Crippen LogP) is 2.25. The summed E-state index contributed by atoms with van der Waals surface area (Å²) in [5.74, 6) is -0.471. The Morgan fingerprint density at radius 3 is 2.87 bits per heavy atom. The molecule has 0 aliphatic carbocycles. The van der Waals surface area contributed by atoms with Crippen LogP contribution in [0, 0.1) is 0 Å².